The molecular weight excluding hydrogens is 248 g/mol. The van der Waals surface area contributed by atoms with Gasteiger partial charge in [0.25, 0.3) is 0 Å². The van der Waals surface area contributed by atoms with Gasteiger partial charge in [0.1, 0.15) is 11.5 Å². The first-order chi connectivity index (χ1) is 9.90. The van der Waals surface area contributed by atoms with Crippen molar-refractivity contribution in [1.29, 1.82) is 0 Å². The first kappa shape index (κ1) is 11.7. The molecule has 1 aliphatic rings. The van der Waals surface area contributed by atoms with Crippen LogP contribution in [0.4, 0.5) is 0 Å². The lowest BCUT2D eigenvalue weighted by Crippen LogP contribution is -2.14. The Bertz CT molecular complexity index is 738. The Labute approximate surface area is 117 Å². The zero-order valence-electron chi connectivity index (χ0n) is 11.2. The second kappa shape index (κ2) is 4.76. The molecule has 0 unspecified atom stereocenters. The summed E-state index contributed by atoms with van der Waals surface area (Å²) in [5, 5.41) is 5.78. The van der Waals surface area contributed by atoms with Gasteiger partial charge >= 0.3 is 0 Å². The average molecular weight is 264 g/mol. The molecule has 0 radical (unpaired) electrons. The van der Waals surface area contributed by atoms with Crippen molar-refractivity contribution in [3.8, 4) is 11.3 Å². The van der Waals surface area contributed by atoms with Crippen molar-refractivity contribution in [3.63, 3.8) is 0 Å². The lowest BCUT2D eigenvalue weighted by Gasteiger charge is -2.03. The highest BCUT2D eigenvalue weighted by Gasteiger charge is 2.20. The molecule has 4 rings (SSSR count). The number of rotatable bonds is 4. The lowest BCUT2D eigenvalue weighted by atomic mass is 10.1. The maximum Gasteiger partial charge on any atom is 0.136 e. The average Bonchev–Trinajstić information content (AvgIpc) is 3.21. The van der Waals surface area contributed by atoms with E-state index >= 15 is 0 Å². The molecule has 0 saturated heterocycles. The van der Waals surface area contributed by atoms with Gasteiger partial charge in [-0.25, -0.2) is 0 Å². The Balaban J connectivity index is 1.67. The van der Waals surface area contributed by atoms with Crippen LogP contribution in [-0.2, 0) is 6.54 Å². The summed E-state index contributed by atoms with van der Waals surface area (Å²) in [7, 11) is 0. The van der Waals surface area contributed by atoms with Gasteiger partial charge in [-0.15, -0.1) is 0 Å². The number of nitrogens with one attached hydrogen (secondary N) is 1. The molecule has 20 heavy (non-hydrogen) atoms. The summed E-state index contributed by atoms with van der Waals surface area (Å²) in [5.74, 6) is 1.88. The molecule has 0 aliphatic heterocycles. The van der Waals surface area contributed by atoms with E-state index in [9.17, 15) is 0 Å². The molecule has 0 amide bonds. The van der Waals surface area contributed by atoms with Crippen molar-refractivity contribution in [1.82, 2.24) is 10.3 Å². The molecule has 1 fully saturated rings. The number of furan rings is 1. The van der Waals surface area contributed by atoms with Gasteiger partial charge in [0.2, 0.25) is 0 Å². The fraction of sp³-hybridized carbons (Fsp3) is 0.235. The largest absolute Gasteiger partial charge is 0.460 e. The molecule has 0 atom stereocenters. The van der Waals surface area contributed by atoms with Crippen molar-refractivity contribution in [2.45, 2.75) is 25.4 Å². The highest BCUT2D eigenvalue weighted by Crippen LogP contribution is 2.29. The fourth-order valence-electron chi connectivity index (χ4n) is 2.46. The predicted octanol–water partition coefficient (Wildman–Crippen LogP) is 3.75. The van der Waals surface area contributed by atoms with Gasteiger partial charge in [-0.05, 0) is 30.4 Å². The molecular formula is C17H16N2O. The standard InChI is InChI=1S/C17H16N2O/c1-2-4-15-12(3-1)9-18-11-16(15)17-8-7-14(20-17)10-19-13-5-6-13/h1-4,7-9,11,13,19H,5-6,10H2. The molecule has 1 N–H and O–H groups in total. The summed E-state index contributed by atoms with van der Waals surface area (Å²) in [6.07, 6.45) is 6.35. The van der Waals surface area contributed by atoms with E-state index in [4.69, 9.17) is 4.42 Å². The lowest BCUT2D eigenvalue weighted by molar-refractivity contribution is 0.493. The number of pyridine rings is 1. The number of nitrogens with zero attached hydrogens (tertiary/aromatic N) is 1. The van der Waals surface area contributed by atoms with Crippen LogP contribution < -0.4 is 5.32 Å². The van der Waals surface area contributed by atoms with Gasteiger partial charge in [-0.3, -0.25) is 4.98 Å². The van der Waals surface area contributed by atoms with Crippen LogP contribution in [0, 0.1) is 0 Å². The third-order valence-electron chi connectivity index (χ3n) is 3.74. The molecule has 100 valence electrons. The van der Waals surface area contributed by atoms with Crippen LogP contribution in [-0.4, -0.2) is 11.0 Å². The van der Waals surface area contributed by atoms with Crippen LogP contribution in [0.25, 0.3) is 22.1 Å². The van der Waals surface area contributed by atoms with Gasteiger partial charge in [0.15, 0.2) is 0 Å². The van der Waals surface area contributed by atoms with Crippen LogP contribution in [0.1, 0.15) is 18.6 Å². The molecule has 1 saturated carbocycles. The molecule has 1 aromatic carbocycles. The van der Waals surface area contributed by atoms with Crippen LogP contribution in [0.5, 0.6) is 0 Å². The van der Waals surface area contributed by atoms with E-state index in [1.807, 2.05) is 36.7 Å². The van der Waals surface area contributed by atoms with E-state index in [0.717, 1.165) is 29.0 Å². The van der Waals surface area contributed by atoms with Gasteiger partial charge in [0, 0.05) is 29.4 Å². The highest BCUT2D eigenvalue weighted by molar-refractivity contribution is 5.94. The monoisotopic (exact) mass is 264 g/mol. The second-order valence-corrected chi connectivity index (χ2v) is 5.33. The molecule has 3 nitrogen and oxygen atoms in total. The minimum Gasteiger partial charge on any atom is -0.460 e. The predicted molar refractivity (Wildman–Crippen MR) is 79.3 cm³/mol. The van der Waals surface area contributed by atoms with E-state index < -0.39 is 0 Å². The minimum absolute atomic E-state index is 0.697. The molecule has 2 aromatic heterocycles. The first-order valence-electron chi connectivity index (χ1n) is 7.05. The molecule has 3 aromatic rings. The summed E-state index contributed by atoms with van der Waals surface area (Å²) < 4.78 is 5.95. The SMILES string of the molecule is c1ccc2c(-c3ccc(CNC4CC4)o3)cncc2c1. The van der Waals surface area contributed by atoms with Crippen LogP contribution >= 0.6 is 0 Å². The van der Waals surface area contributed by atoms with Gasteiger partial charge in [-0.1, -0.05) is 24.3 Å². The minimum atomic E-state index is 0.697. The van der Waals surface area contributed by atoms with Crippen LogP contribution in [0.2, 0.25) is 0 Å². The van der Waals surface area contributed by atoms with Crippen molar-refractivity contribution >= 4 is 10.8 Å². The van der Waals surface area contributed by atoms with E-state index in [0.29, 0.717) is 6.04 Å². The first-order valence-corrected chi connectivity index (χ1v) is 7.05. The van der Waals surface area contributed by atoms with E-state index in [1.165, 1.54) is 18.2 Å². The smallest absolute Gasteiger partial charge is 0.136 e. The summed E-state index contributed by atoms with van der Waals surface area (Å²) in [5.41, 5.74) is 1.06. The topological polar surface area (TPSA) is 38.1 Å². The number of hydrogen-bond donors (Lipinski definition) is 1. The normalized spacial score (nSPS) is 14.8. The van der Waals surface area contributed by atoms with E-state index in [-0.39, 0.29) is 0 Å². The van der Waals surface area contributed by atoms with Crippen LogP contribution in [0.3, 0.4) is 0 Å². The summed E-state index contributed by atoms with van der Waals surface area (Å²) in [4.78, 5) is 4.31. The van der Waals surface area contributed by atoms with Crippen molar-refractivity contribution in [2.24, 2.45) is 0 Å². The number of benzene rings is 1. The van der Waals surface area contributed by atoms with Gasteiger partial charge < -0.3 is 9.73 Å². The Kier molecular flexibility index (Phi) is 2.78. The van der Waals surface area contributed by atoms with Gasteiger partial charge in [-0.2, -0.15) is 0 Å². The highest BCUT2D eigenvalue weighted by atomic mass is 16.3. The maximum atomic E-state index is 5.95. The third kappa shape index (κ3) is 2.21. The molecule has 1 aliphatic carbocycles. The third-order valence-corrected chi connectivity index (χ3v) is 3.74. The van der Waals surface area contributed by atoms with E-state index in [2.05, 4.69) is 22.4 Å². The molecule has 3 heteroatoms. The molecule has 0 bridgehead atoms. The molecule has 2 heterocycles. The maximum absolute atomic E-state index is 5.95. The Morgan fingerprint density at radius 1 is 1.10 bits per heavy atom. The second-order valence-electron chi connectivity index (χ2n) is 5.33. The van der Waals surface area contributed by atoms with Gasteiger partial charge in [0.05, 0.1) is 6.54 Å². The zero-order valence-corrected chi connectivity index (χ0v) is 11.2. The van der Waals surface area contributed by atoms with Crippen molar-refractivity contribution in [2.75, 3.05) is 0 Å². The number of hydrogen-bond acceptors (Lipinski definition) is 3. The zero-order chi connectivity index (χ0) is 13.4. The Morgan fingerprint density at radius 2 is 2.00 bits per heavy atom. The van der Waals surface area contributed by atoms with E-state index in [1.54, 1.807) is 0 Å². The quantitative estimate of drug-likeness (QED) is 0.780. The van der Waals surface area contributed by atoms with Crippen molar-refractivity contribution < 1.29 is 4.42 Å². The molecule has 0 spiro atoms. The summed E-state index contributed by atoms with van der Waals surface area (Å²) in [6, 6.07) is 13.0. The number of fused-ring (bicyclic) bond motifs is 1. The van der Waals surface area contributed by atoms with Crippen molar-refractivity contribution in [3.05, 3.63) is 54.6 Å². The summed E-state index contributed by atoms with van der Waals surface area (Å²) in [6.45, 7) is 0.808. The Hall–Kier alpha value is -2.13. The van der Waals surface area contributed by atoms with Crippen LogP contribution in [0.15, 0.2) is 53.2 Å². The number of aromatic nitrogens is 1. The summed E-state index contributed by atoms with van der Waals surface area (Å²) >= 11 is 0. The Morgan fingerprint density at radius 3 is 2.90 bits per heavy atom. The fourth-order valence-corrected chi connectivity index (χ4v) is 2.46.